The molecule has 3 heterocycles. The molecular weight excluding hydrogens is 324 g/mol. The lowest BCUT2D eigenvalue weighted by molar-refractivity contribution is -0.125. The van der Waals surface area contributed by atoms with E-state index in [-0.39, 0.29) is 29.4 Å². The zero-order valence-electron chi connectivity index (χ0n) is 14.8. The molecule has 2 saturated heterocycles. The Balaban J connectivity index is 1.32. The number of methoxy groups -OCH3 is 1. The first kappa shape index (κ1) is 16.9. The van der Waals surface area contributed by atoms with E-state index in [0.29, 0.717) is 12.4 Å². The maximum atomic E-state index is 12.7. The number of rotatable bonds is 5. The molecule has 1 saturated carbocycles. The fourth-order valence-corrected chi connectivity index (χ4v) is 4.28. The summed E-state index contributed by atoms with van der Waals surface area (Å²) in [5, 5.41) is 15.3. The van der Waals surface area contributed by atoms with E-state index >= 15 is 0 Å². The topological polar surface area (TPSA) is 94.4 Å². The predicted octanol–water partition coefficient (Wildman–Crippen LogP) is -0.658. The van der Waals surface area contributed by atoms with Gasteiger partial charge in [-0.15, -0.1) is 10.2 Å². The van der Waals surface area contributed by atoms with Crippen molar-refractivity contribution in [3.63, 3.8) is 0 Å². The number of tetrazole rings is 1. The number of hydrogen-bond acceptors (Lipinski definition) is 7. The van der Waals surface area contributed by atoms with Crippen molar-refractivity contribution in [3.05, 3.63) is 5.82 Å². The predicted molar refractivity (Wildman–Crippen MR) is 87.4 cm³/mol. The molecule has 0 aromatic carbocycles. The molecule has 0 bridgehead atoms. The fraction of sp³-hybridized carbons (Fsp3) is 0.875. The van der Waals surface area contributed by atoms with Gasteiger partial charge in [-0.3, -0.25) is 9.69 Å². The van der Waals surface area contributed by atoms with E-state index in [9.17, 15) is 4.79 Å². The summed E-state index contributed by atoms with van der Waals surface area (Å²) >= 11 is 0. The first-order valence-corrected chi connectivity index (χ1v) is 8.96. The number of carbonyl (C=O) groups excluding carboxylic acids is 1. The van der Waals surface area contributed by atoms with Crippen LogP contribution in [0.3, 0.4) is 0 Å². The highest BCUT2D eigenvalue weighted by Crippen LogP contribution is 2.59. The quantitative estimate of drug-likeness (QED) is 0.753. The van der Waals surface area contributed by atoms with Gasteiger partial charge in [0.2, 0.25) is 5.91 Å². The minimum absolute atomic E-state index is 0.00617. The second-order valence-electron chi connectivity index (χ2n) is 7.51. The van der Waals surface area contributed by atoms with Gasteiger partial charge in [0, 0.05) is 39.3 Å². The summed E-state index contributed by atoms with van der Waals surface area (Å²) in [5.74, 6) is 1.01. The molecule has 0 unspecified atom stereocenters. The molecule has 1 amide bonds. The standard InChI is InChI=1S/C16H26N6O3/c1-21-19-14(18-20-21)10-22-8-12(13(9-22)24-2)17-15(23)11-7-16(11)3-5-25-6-4-16/h11-13H,3-10H2,1-2H3,(H,17,23)/t11-,12-,13-/m1/s1. The Kier molecular flexibility index (Phi) is 4.47. The van der Waals surface area contributed by atoms with Crippen molar-refractivity contribution in [1.82, 2.24) is 30.4 Å². The number of ether oxygens (including phenoxy) is 2. The molecule has 3 aliphatic rings. The molecule has 2 aliphatic heterocycles. The Labute approximate surface area is 147 Å². The molecule has 9 heteroatoms. The molecule has 1 aromatic rings. The van der Waals surface area contributed by atoms with Gasteiger partial charge in [-0.25, -0.2) is 0 Å². The molecule has 1 N–H and O–H groups in total. The number of aromatic nitrogens is 4. The summed E-state index contributed by atoms with van der Waals surface area (Å²) in [7, 11) is 3.45. The van der Waals surface area contributed by atoms with Gasteiger partial charge >= 0.3 is 0 Å². The summed E-state index contributed by atoms with van der Waals surface area (Å²) in [6.45, 7) is 3.68. The van der Waals surface area contributed by atoms with Crippen LogP contribution in [0.25, 0.3) is 0 Å². The lowest BCUT2D eigenvalue weighted by Crippen LogP contribution is -2.45. The number of nitrogens with zero attached hydrogens (tertiary/aromatic N) is 5. The number of nitrogens with one attached hydrogen (secondary N) is 1. The second kappa shape index (κ2) is 6.62. The van der Waals surface area contributed by atoms with Gasteiger partial charge in [-0.2, -0.15) is 4.80 Å². The number of likely N-dealkylation sites (tertiary alicyclic amines) is 1. The molecule has 25 heavy (non-hydrogen) atoms. The highest BCUT2D eigenvalue weighted by atomic mass is 16.5. The Morgan fingerprint density at radius 1 is 1.40 bits per heavy atom. The van der Waals surface area contributed by atoms with Crippen LogP contribution in [0.2, 0.25) is 0 Å². The van der Waals surface area contributed by atoms with Crippen molar-refractivity contribution in [2.75, 3.05) is 33.4 Å². The molecule has 3 fully saturated rings. The third-order valence-electron chi connectivity index (χ3n) is 5.88. The molecule has 1 spiro atoms. The molecule has 4 rings (SSSR count). The third kappa shape index (κ3) is 3.40. The lowest BCUT2D eigenvalue weighted by Gasteiger charge is -2.24. The van der Waals surface area contributed by atoms with Crippen LogP contribution in [-0.4, -0.2) is 76.6 Å². The van der Waals surface area contributed by atoms with Gasteiger partial charge in [0.1, 0.15) is 0 Å². The molecule has 0 radical (unpaired) electrons. The average molecular weight is 350 g/mol. The Morgan fingerprint density at radius 3 is 2.88 bits per heavy atom. The molecule has 1 aromatic heterocycles. The molecule has 138 valence electrons. The minimum Gasteiger partial charge on any atom is -0.381 e. The average Bonchev–Trinajstić information content (AvgIpc) is 2.93. The number of amides is 1. The Hall–Kier alpha value is -1.58. The first-order chi connectivity index (χ1) is 12.1. The zero-order chi connectivity index (χ0) is 17.4. The smallest absolute Gasteiger partial charge is 0.224 e. The maximum absolute atomic E-state index is 12.7. The van der Waals surface area contributed by atoms with E-state index in [0.717, 1.165) is 45.6 Å². The summed E-state index contributed by atoms with van der Waals surface area (Å²) in [4.78, 5) is 16.4. The van der Waals surface area contributed by atoms with E-state index in [1.165, 1.54) is 4.80 Å². The summed E-state index contributed by atoms with van der Waals surface area (Å²) in [6, 6.07) is 0.00617. The summed E-state index contributed by atoms with van der Waals surface area (Å²) < 4.78 is 11.0. The molecular formula is C16H26N6O3. The van der Waals surface area contributed by atoms with Gasteiger partial charge in [0.05, 0.1) is 25.7 Å². The highest BCUT2D eigenvalue weighted by molar-refractivity contribution is 5.83. The number of hydrogen-bond donors (Lipinski definition) is 1. The van der Waals surface area contributed by atoms with Crippen molar-refractivity contribution >= 4 is 5.91 Å². The van der Waals surface area contributed by atoms with Crippen LogP contribution >= 0.6 is 0 Å². The van der Waals surface area contributed by atoms with Gasteiger partial charge in [0.25, 0.3) is 0 Å². The Morgan fingerprint density at radius 2 is 2.20 bits per heavy atom. The Bertz CT molecular complexity index is 629. The van der Waals surface area contributed by atoms with E-state index in [4.69, 9.17) is 9.47 Å². The normalized spacial score (nSPS) is 31.4. The third-order valence-corrected chi connectivity index (χ3v) is 5.88. The van der Waals surface area contributed by atoms with Crippen molar-refractivity contribution in [3.8, 4) is 0 Å². The van der Waals surface area contributed by atoms with E-state index < -0.39 is 0 Å². The SMILES string of the molecule is CO[C@@H]1CN(Cc2nnn(C)n2)C[C@H]1NC(=O)[C@H]1CC12CCOCC2. The van der Waals surface area contributed by atoms with Gasteiger partial charge in [-0.05, 0) is 29.9 Å². The largest absolute Gasteiger partial charge is 0.381 e. The van der Waals surface area contributed by atoms with Crippen molar-refractivity contribution in [1.29, 1.82) is 0 Å². The van der Waals surface area contributed by atoms with E-state index in [2.05, 4.69) is 25.6 Å². The van der Waals surface area contributed by atoms with Gasteiger partial charge in [0.15, 0.2) is 5.82 Å². The second-order valence-corrected chi connectivity index (χ2v) is 7.51. The van der Waals surface area contributed by atoms with Crippen LogP contribution in [0.15, 0.2) is 0 Å². The highest BCUT2D eigenvalue weighted by Gasteiger charge is 2.58. The van der Waals surface area contributed by atoms with Crippen LogP contribution in [-0.2, 0) is 27.9 Å². The van der Waals surface area contributed by atoms with Crippen molar-refractivity contribution in [2.45, 2.75) is 38.0 Å². The van der Waals surface area contributed by atoms with E-state index in [1.54, 1.807) is 14.2 Å². The summed E-state index contributed by atoms with van der Waals surface area (Å²) in [6.07, 6.45) is 3.01. The summed E-state index contributed by atoms with van der Waals surface area (Å²) in [5.41, 5.74) is 0.201. The van der Waals surface area contributed by atoms with Crippen LogP contribution < -0.4 is 5.32 Å². The zero-order valence-corrected chi connectivity index (χ0v) is 14.8. The fourth-order valence-electron chi connectivity index (χ4n) is 4.28. The first-order valence-electron chi connectivity index (χ1n) is 8.96. The van der Waals surface area contributed by atoms with Crippen molar-refractivity contribution < 1.29 is 14.3 Å². The molecule has 3 atom stereocenters. The van der Waals surface area contributed by atoms with Crippen molar-refractivity contribution in [2.24, 2.45) is 18.4 Å². The minimum atomic E-state index is -0.00925. The van der Waals surface area contributed by atoms with Gasteiger partial charge < -0.3 is 14.8 Å². The lowest BCUT2D eigenvalue weighted by atomic mass is 9.93. The van der Waals surface area contributed by atoms with Crippen LogP contribution in [0.1, 0.15) is 25.1 Å². The van der Waals surface area contributed by atoms with Crippen LogP contribution in [0.5, 0.6) is 0 Å². The monoisotopic (exact) mass is 350 g/mol. The van der Waals surface area contributed by atoms with E-state index in [1.807, 2.05) is 0 Å². The number of carbonyl (C=O) groups is 1. The van der Waals surface area contributed by atoms with Gasteiger partial charge in [-0.1, -0.05) is 0 Å². The molecule has 1 aliphatic carbocycles. The van der Waals surface area contributed by atoms with Crippen LogP contribution in [0, 0.1) is 11.3 Å². The maximum Gasteiger partial charge on any atom is 0.224 e. The molecule has 9 nitrogen and oxygen atoms in total. The number of aryl methyl sites for hydroxylation is 1. The van der Waals surface area contributed by atoms with Crippen LogP contribution in [0.4, 0.5) is 0 Å².